The minimum absolute atomic E-state index is 0.0876. The van der Waals surface area contributed by atoms with Crippen LogP contribution in [0, 0.1) is 11.3 Å². The number of anilines is 1. The summed E-state index contributed by atoms with van der Waals surface area (Å²) < 4.78 is 1.64. The van der Waals surface area contributed by atoms with Crippen molar-refractivity contribution in [2.75, 3.05) is 18.9 Å². The maximum atomic E-state index is 12.4. The third-order valence-electron chi connectivity index (χ3n) is 6.74. The number of nitrogens with zero attached hydrogens (tertiary/aromatic N) is 7. The van der Waals surface area contributed by atoms with Gasteiger partial charge in [-0.15, -0.1) is 0 Å². The number of nitrogens with one attached hydrogen (secondary N) is 2. The number of fused-ring (bicyclic) bond motifs is 2. The van der Waals surface area contributed by atoms with Gasteiger partial charge < -0.3 is 25.4 Å². The standard InChI is InChI=1S/C21H23N9O3/c1-23-19(33)21-9-12(21)14(15(31)16(21)32)30-10-25-13-17(26-20(28-29-22)27-18(13)30)24-8-7-11-5-3-2-4-6-11/h2-6,10,12,14-16,31-32H,7-9H2,1H3,(H,23,33)(H,24,26,27)/t12?,14-,15+,16+,21?/m1/s1. The van der Waals surface area contributed by atoms with E-state index in [0.717, 1.165) is 12.0 Å². The monoisotopic (exact) mass is 449 g/mol. The topological polar surface area (TPSA) is 174 Å². The van der Waals surface area contributed by atoms with Crippen molar-refractivity contribution in [2.24, 2.45) is 16.4 Å². The van der Waals surface area contributed by atoms with Gasteiger partial charge in [0.2, 0.25) is 11.9 Å². The summed E-state index contributed by atoms with van der Waals surface area (Å²) in [6, 6.07) is 9.34. The molecule has 33 heavy (non-hydrogen) atoms. The van der Waals surface area contributed by atoms with E-state index < -0.39 is 23.7 Å². The molecular formula is C21H23N9O3. The number of hydrogen-bond donors (Lipinski definition) is 4. The van der Waals surface area contributed by atoms with Crippen molar-refractivity contribution in [3.63, 3.8) is 0 Å². The van der Waals surface area contributed by atoms with E-state index in [1.807, 2.05) is 30.3 Å². The number of carbonyl (C=O) groups is 1. The highest BCUT2D eigenvalue weighted by Crippen LogP contribution is 2.67. The Morgan fingerprint density at radius 2 is 2.12 bits per heavy atom. The van der Waals surface area contributed by atoms with Crippen molar-refractivity contribution < 1.29 is 15.0 Å². The highest BCUT2D eigenvalue weighted by molar-refractivity contribution is 5.88. The SMILES string of the molecule is CNC(=O)C12CC1[C@@H](n1cnc3c(NCCc4ccccc4)nc(N=[N+]=[N-])nc31)[C@H](O)[C@@H]2O. The van der Waals surface area contributed by atoms with E-state index in [0.29, 0.717) is 29.9 Å². The molecular weight excluding hydrogens is 426 g/mol. The van der Waals surface area contributed by atoms with Crippen molar-refractivity contribution >= 4 is 28.8 Å². The van der Waals surface area contributed by atoms with E-state index in [1.54, 1.807) is 4.57 Å². The summed E-state index contributed by atoms with van der Waals surface area (Å²) in [5.41, 5.74) is 9.83. The van der Waals surface area contributed by atoms with Crippen molar-refractivity contribution in [3.05, 3.63) is 52.7 Å². The zero-order chi connectivity index (χ0) is 23.2. The number of carbonyl (C=O) groups excluding carboxylic acids is 1. The van der Waals surface area contributed by atoms with Gasteiger partial charge in [-0.2, -0.15) is 0 Å². The molecule has 2 aliphatic rings. The molecule has 2 fully saturated rings. The van der Waals surface area contributed by atoms with Gasteiger partial charge in [0.1, 0.15) is 11.6 Å². The minimum Gasteiger partial charge on any atom is -0.389 e. The first-order chi connectivity index (χ1) is 16.0. The number of hydrogen-bond acceptors (Lipinski definition) is 8. The zero-order valence-corrected chi connectivity index (χ0v) is 17.8. The molecule has 2 heterocycles. The molecule has 5 atom stereocenters. The predicted octanol–water partition coefficient (Wildman–Crippen LogP) is 1.45. The lowest BCUT2D eigenvalue weighted by molar-refractivity contribution is -0.132. The second-order valence-corrected chi connectivity index (χ2v) is 8.40. The third kappa shape index (κ3) is 3.27. The number of aromatic nitrogens is 4. The van der Waals surface area contributed by atoms with Gasteiger partial charge in [-0.1, -0.05) is 30.3 Å². The number of rotatable bonds is 7. The van der Waals surface area contributed by atoms with Crippen LogP contribution in [0.1, 0.15) is 18.0 Å². The number of aliphatic hydroxyl groups excluding tert-OH is 2. The molecule has 0 radical (unpaired) electrons. The highest BCUT2D eigenvalue weighted by atomic mass is 16.3. The number of azide groups is 1. The Kier molecular flexibility index (Phi) is 5.12. The van der Waals surface area contributed by atoms with Crippen LogP contribution in [0.3, 0.4) is 0 Å². The van der Waals surface area contributed by atoms with E-state index in [-0.39, 0.29) is 17.8 Å². The summed E-state index contributed by atoms with van der Waals surface area (Å²) in [6.07, 6.45) is 0.331. The molecule has 5 rings (SSSR count). The van der Waals surface area contributed by atoms with Crippen LogP contribution in [0.25, 0.3) is 21.6 Å². The van der Waals surface area contributed by atoms with E-state index >= 15 is 0 Å². The Morgan fingerprint density at radius 1 is 1.33 bits per heavy atom. The van der Waals surface area contributed by atoms with Crippen LogP contribution >= 0.6 is 0 Å². The minimum atomic E-state index is -1.20. The average molecular weight is 449 g/mol. The first-order valence-electron chi connectivity index (χ1n) is 10.7. The fraction of sp³-hybridized carbons (Fsp3) is 0.429. The van der Waals surface area contributed by atoms with Gasteiger partial charge >= 0.3 is 0 Å². The van der Waals surface area contributed by atoms with Crippen LogP contribution in [0.5, 0.6) is 0 Å². The molecule has 3 aromatic rings. The molecule has 0 bridgehead atoms. The van der Waals surface area contributed by atoms with Crippen LogP contribution in [0.4, 0.5) is 11.8 Å². The maximum Gasteiger partial charge on any atom is 0.229 e. The molecule has 0 spiro atoms. The number of imidazole rings is 1. The van der Waals surface area contributed by atoms with Crippen LogP contribution in [-0.4, -0.2) is 61.4 Å². The third-order valence-corrected chi connectivity index (χ3v) is 6.74. The van der Waals surface area contributed by atoms with E-state index in [4.69, 9.17) is 5.53 Å². The lowest BCUT2D eigenvalue weighted by Gasteiger charge is -2.23. The van der Waals surface area contributed by atoms with Crippen LogP contribution < -0.4 is 10.6 Å². The molecule has 2 saturated carbocycles. The molecule has 2 unspecified atom stereocenters. The summed E-state index contributed by atoms with van der Waals surface area (Å²) >= 11 is 0. The van der Waals surface area contributed by atoms with Gasteiger partial charge in [-0.3, -0.25) is 4.79 Å². The summed E-state index contributed by atoms with van der Waals surface area (Å²) in [5, 5.41) is 30.8. The Morgan fingerprint density at radius 3 is 2.85 bits per heavy atom. The maximum absolute atomic E-state index is 12.4. The van der Waals surface area contributed by atoms with Gasteiger partial charge in [-0.25, -0.2) is 15.0 Å². The molecule has 4 N–H and O–H groups in total. The van der Waals surface area contributed by atoms with Crippen LogP contribution in [0.2, 0.25) is 0 Å². The molecule has 0 saturated heterocycles. The normalized spacial score (nSPS) is 27.6. The zero-order valence-electron chi connectivity index (χ0n) is 17.8. The second-order valence-electron chi connectivity index (χ2n) is 8.40. The number of amides is 1. The van der Waals surface area contributed by atoms with E-state index in [1.165, 1.54) is 13.4 Å². The van der Waals surface area contributed by atoms with E-state index in [9.17, 15) is 15.0 Å². The van der Waals surface area contributed by atoms with Gasteiger partial charge in [-0.05, 0) is 29.1 Å². The van der Waals surface area contributed by atoms with E-state index in [2.05, 4.69) is 35.6 Å². The first-order valence-corrected chi connectivity index (χ1v) is 10.7. The Balaban J connectivity index is 1.49. The fourth-order valence-electron chi connectivity index (χ4n) is 5.09. The average Bonchev–Trinajstić information content (AvgIpc) is 3.36. The Labute approximate surface area is 188 Å². The summed E-state index contributed by atoms with van der Waals surface area (Å²) in [7, 11) is 1.51. The highest BCUT2D eigenvalue weighted by Gasteiger charge is 2.75. The summed E-state index contributed by atoms with van der Waals surface area (Å²) in [4.78, 5) is 28.3. The predicted molar refractivity (Wildman–Crippen MR) is 118 cm³/mol. The lowest BCUT2D eigenvalue weighted by Crippen LogP contribution is -2.41. The van der Waals surface area contributed by atoms with Gasteiger partial charge in [0.15, 0.2) is 11.5 Å². The number of aliphatic hydroxyl groups is 2. The van der Waals surface area contributed by atoms with Gasteiger partial charge in [0, 0.05) is 24.4 Å². The largest absolute Gasteiger partial charge is 0.389 e. The smallest absolute Gasteiger partial charge is 0.229 e. The van der Waals surface area contributed by atoms with Crippen LogP contribution in [-0.2, 0) is 11.2 Å². The van der Waals surface area contributed by atoms with Crippen LogP contribution in [0.15, 0.2) is 41.8 Å². The molecule has 2 aliphatic carbocycles. The van der Waals surface area contributed by atoms with Gasteiger partial charge in [0.25, 0.3) is 0 Å². The first kappa shape index (κ1) is 21.1. The lowest BCUT2D eigenvalue weighted by atomic mass is 9.98. The Hall–Kier alpha value is -3.73. The molecule has 170 valence electrons. The van der Waals surface area contributed by atoms with Crippen molar-refractivity contribution in [1.29, 1.82) is 0 Å². The number of benzene rings is 1. The fourth-order valence-corrected chi connectivity index (χ4v) is 5.09. The van der Waals surface area contributed by atoms with Crippen molar-refractivity contribution in [1.82, 2.24) is 24.8 Å². The molecule has 2 aromatic heterocycles. The Bertz CT molecular complexity index is 1260. The molecule has 1 aromatic carbocycles. The second kappa shape index (κ2) is 8.00. The molecule has 1 amide bonds. The summed E-state index contributed by atoms with van der Waals surface area (Å²) in [6.45, 7) is 0.561. The van der Waals surface area contributed by atoms with Crippen molar-refractivity contribution in [3.8, 4) is 0 Å². The quantitative estimate of drug-likeness (QED) is 0.240. The summed E-state index contributed by atoms with van der Waals surface area (Å²) in [5.74, 6) is -0.250. The molecule has 0 aliphatic heterocycles. The molecule has 12 nitrogen and oxygen atoms in total. The van der Waals surface area contributed by atoms with Gasteiger partial charge in [0.05, 0.1) is 23.9 Å². The molecule has 12 heteroatoms. The van der Waals surface area contributed by atoms with Crippen molar-refractivity contribution in [2.45, 2.75) is 31.1 Å².